The summed E-state index contributed by atoms with van der Waals surface area (Å²) in [5.41, 5.74) is 0.490. The maximum absolute atomic E-state index is 12.2. The van der Waals surface area contributed by atoms with Gasteiger partial charge in [0.1, 0.15) is 0 Å². The molecule has 0 spiro atoms. The Bertz CT molecular complexity index is 803. The lowest BCUT2D eigenvalue weighted by atomic mass is 9.59. The summed E-state index contributed by atoms with van der Waals surface area (Å²) in [5, 5.41) is 0. The number of hydrogen-bond acceptors (Lipinski definition) is 5. The minimum Gasteiger partial charge on any atom is -0.466 e. The van der Waals surface area contributed by atoms with Crippen molar-refractivity contribution in [3.05, 3.63) is 0 Å². The van der Waals surface area contributed by atoms with E-state index < -0.39 is 0 Å². The van der Waals surface area contributed by atoms with Crippen LogP contribution < -0.4 is 0 Å². The predicted molar refractivity (Wildman–Crippen MR) is 197 cm³/mol. The summed E-state index contributed by atoms with van der Waals surface area (Å²) < 4.78 is 11.2. The van der Waals surface area contributed by atoms with Crippen LogP contribution in [0.15, 0.2) is 0 Å². The average Bonchev–Trinajstić information content (AvgIpc) is 3.08. The topological polar surface area (TPSA) is 55.8 Å². The fourth-order valence-electron chi connectivity index (χ4n) is 8.05. The van der Waals surface area contributed by atoms with Gasteiger partial charge in [-0.25, -0.2) is 0 Å². The van der Waals surface area contributed by atoms with Crippen LogP contribution in [-0.4, -0.2) is 49.7 Å². The van der Waals surface area contributed by atoms with Crippen molar-refractivity contribution in [1.29, 1.82) is 0 Å². The van der Waals surface area contributed by atoms with Crippen LogP contribution in [0.4, 0.5) is 0 Å². The lowest BCUT2D eigenvalue weighted by Gasteiger charge is -2.46. The van der Waals surface area contributed by atoms with E-state index in [9.17, 15) is 9.59 Å². The third-order valence-electron chi connectivity index (χ3n) is 11.4. The molecule has 3 aliphatic carbocycles. The maximum atomic E-state index is 12.2. The average molecular weight is 658 g/mol. The Morgan fingerprint density at radius 2 is 1.17 bits per heavy atom. The predicted octanol–water partition coefficient (Wildman–Crippen LogP) is 11.2. The Kier molecular flexibility index (Phi) is 24.2. The molecule has 0 N–H and O–H groups in total. The number of ether oxygens (including phenoxy) is 2. The molecule has 47 heavy (non-hydrogen) atoms. The first-order chi connectivity index (χ1) is 23.0. The van der Waals surface area contributed by atoms with E-state index in [4.69, 9.17) is 15.9 Å². The Hall–Kier alpha value is -1.54. The van der Waals surface area contributed by atoms with E-state index in [0.717, 1.165) is 83.3 Å². The van der Waals surface area contributed by atoms with E-state index >= 15 is 0 Å². The third kappa shape index (κ3) is 20.5. The molecule has 0 aromatic carbocycles. The molecule has 0 radical (unpaired) electrons. The van der Waals surface area contributed by atoms with Gasteiger partial charge in [-0.3, -0.25) is 14.5 Å². The van der Waals surface area contributed by atoms with Crippen molar-refractivity contribution >= 4 is 11.9 Å². The molecular formula is C42H75NO4. The number of esters is 2. The molecule has 3 saturated carbocycles. The Morgan fingerprint density at radius 3 is 1.68 bits per heavy atom. The zero-order valence-electron chi connectivity index (χ0n) is 31.1. The summed E-state index contributed by atoms with van der Waals surface area (Å²) in [5.74, 6) is 4.52. The highest BCUT2D eigenvalue weighted by Crippen LogP contribution is 2.52. The van der Waals surface area contributed by atoms with Crippen molar-refractivity contribution in [2.24, 2.45) is 17.3 Å². The fourth-order valence-corrected chi connectivity index (χ4v) is 8.05. The minimum atomic E-state index is -0.0120. The molecule has 272 valence electrons. The van der Waals surface area contributed by atoms with E-state index in [0.29, 0.717) is 37.4 Å². The largest absolute Gasteiger partial charge is 0.466 e. The number of hydrogen-bond donors (Lipinski definition) is 0. The number of carbonyl (C=O) groups is 2. The van der Waals surface area contributed by atoms with Gasteiger partial charge in [0.2, 0.25) is 0 Å². The quantitative estimate of drug-likeness (QED) is 0.0422. The van der Waals surface area contributed by atoms with Crippen LogP contribution in [0.1, 0.15) is 194 Å². The number of terminal acetylenes is 1. The zero-order chi connectivity index (χ0) is 33.8. The molecule has 0 unspecified atom stereocenters. The maximum Gasteiger partial charge on any atom is 0.305 e. The fraction of sp³-hybridized carbons (Fsp3) is 0.905. The highest BCUT2D eigenvalue weighted by atomic mass is 16.5. The van der Waals surface area contributed by atoms with Crippen molar-refractivity contribution in [2.45, 2.75) is 194 Å². The molecule has 0 aliphatic heterocycles. The normalized spacial score (nSPS) is 18.9. The number of nitrogens with zero attached hydrogens (tertiary/aromatic N) is 1. The molecule has 3 rings (SSSR count). The van der Waals surface area contributed by atoms with Crippen molar-refractivity contribution < 1.29 is 19.1 Å². The van der Waals surface area contributed by atoms with E-state index in [-0.39, 0.29) is 11.9 Å². The molecule has 5 nitrogen and oxygen atoms in total. The third-order valence-corrected chi connectivity index (χ3v) is 11.4. The summed E-state index contributed by atoms with van der Waals surface area (Å²) in [7, 11) is 0. The highest BCUT2D eigenvalue weighted by Gasteiger charge is 2.40. The molecule has 0 aromatic rings. The summed E-state index contributed by atoms with van der Waals surface area (Å²) in [6.07, 6.45) is 38.6. The van der Waals surface area contributed by atoms with Crippen LogP contribution >= 0.6 is 0 Å². The second-order valence-electron chi connectivity index (χ2n) is 15.3. The second-order valence-corrected chi connectivity index (χ2v) is 15.3. The van der Waals surface area contributed by atoms with Crippen LogP contribution in [0, 0.1) is 29.6 Å². The van der Waals surface area contributed by atoms with Gasteiger partial charge >= 0.3 is 11.9 Å². The lowest BCUT2D eigenvalue weighted by Crippen LogP contribution is -2.35. The van der Waals surface area contributed by atoms with E-state index in [2.05, 4.69) is 24.7 Å². The molecular weight excluding hydrogens is 582 g/mol. The van der Waals surface area contributed by atoms with Gasteiger partial charge in [0.15, 0.2) is 0 Å². The smallest absolute Gasteiger partial charge is 0.305 e. The lowest BCUT2D eigenvalue weighted by molar-refractivity contribution is -0.145. The van der Waals surface area contributed by atoms with Gasteiger partial charge in [0.25, 0.3) is 0 Å². The van der Waals surface area contributed by atoms with Gasteiger partial charge in [-0.05, 0) is 107 Å². The van der Waals surface area contributed by atoms with Crippen molar-refractivity contribution in [1.82, 2.24) is 4.90 Å². The molecule has 0 atom stereocenters. The first kappa shape index (κ1) is 41.6. The van der Waals surface area contributed by atoms with Gasteiger partial charge in [-0.1, -0.05) is 110 Å². The highest BCUT2D eigenvalue weighted by molar-refractivity contribution is 5.69. The van der Waals surface area contributed by atoms with Crippen LogP contribution in [0.25, 0.3) is 0 Å². The molecule has 2 bridgehead atoms. The van der Waals surface area contributed by atoms with Crippen LogP contribution in [0.3, 0.4) is 0 Å². The summed E-state index contributed by atoms with van der Waals surface area (Å²) in [6, 6.07) is 0. The number of carbonyl (C=O) groups excluding carboxylic acids is 2. The molecule has 3 aliphatic rings. The van der Waals surface area contributed by atoms with Crippen molar-refractivity contribution in [2.75, 3.05) is 32.8 Å². The van der Waals surface area contributed by atoms with E-state index in [1.54, 1.807) is 0 Å². The second kappa shape index (κ2) is 27.3. The molecule has 0 amide bonds. The molecule has 0 heterocycles. The standard InChI is InChI=1S/C42H75NO4/c1-4-7-15-21-38(22-16-8-5-2)28-36-46-40(44)23-17-11-9-13-19-34-43(33-6-3)35-20-14-10-12-18-24-41(45)47-37-32-42-29-25-39(26-30-42)27-31-42/h3,38-39H,4-5,7-37H2,1-2H3. The molecule has 0 aromatic heterocycles. The molecule has 5 heteroatoms. The Balaban J connectivity index is 1.40. The van der Waals surface area contributed by atoms with Gasteiger partial charge in [-0.2, -0.15) is 0 Å². The first-order valence-corrected chi connectivity index (χ1v) is 20.5. The number of fused-ring (bicyclic) bond motifs is 3. The van der Waals surface area contributed by atoms with Crippen molar-refractivity contribution in [3.8, 4) is 12.3 Å². The van der Waals surface area contributed by atoms with Gasteiger partial charge < -0.3 is 9.47 Å². The van der Waals surface area contributed by atoms with Gasteiger partial charge in [0.05, 0.1) is 19.8 Å². The Morgan fingerprint density at radius 1 is 0.681 bits per heavy atom. The zero-order valence-corrected chi connectivity index (χ0v) is 31.1. The van der Waals surface area contributed by atoms with Gasteiger partial charge in [-0.15, -0.1) is 6.42 Å². The van der Waals surface area contributed by atoms with Gasteiger partial charge in [0, 0.05) is 12.8 Å². The summed E-state index contributed by atoms with van der Waals surface area (Å²) >= 11 is 0. The summed E-state index contributed by atoms with van der Waals surface area (Å²) in [6.45, 7) is 8.57. The number of rotatable bonds is 31. The number of unbranched alkanes of at least 4 members (excludes halogenated alkanes) is 12. The van der Waals surface area contributed by atoms with E-state index in [1.165, 1.54) is 109 Å². The monoisotopic (exact) mass is 658 g/mol. The SMILES string of the molecule is C#CCN(CCCCCCCC(=O)OCCC(CCCCC)CCCCC)CCCCCCCC(=O)OCCC12CCC(CC1)CC2. The Labute approximate surface area is 291 Å². The van der Waals surface area contributed by atoms with E-state index in [1.807, 2.05) is 0 Å². The minimum absolute atomic E-state index is 0.000657. The van der Waals surface area contributed by atoms with Crippen LogP contribution in [-0.2, 0) is 19.1 Å². The molecule has 0 saturated heterocycles. The first-order valence-electron chi connectivity index (χ1n) is 20.5. The van der Waals surface area contributed by atoms with Crippen molar-refractivity contribution in [3.63, 3.8) is 0 Å². The molecule has 3 fully saturated rings. The van der Waals surface area contributed by atoms with Crippen LogP contribution in [0.5, 0.6) is 0 Å². The summed E-state index contributed by atoms with van der Waals surface area (Å²) in [4.78, 5) is 26.9. The van der Waals surface area contributed by atoms with Crippen LogP contribution in [0.2, 0.25) is 0 Å².